The summed E-state index contributed by atoms with van der Waals surface area (Å²) in [7, 11) is -2.35. The van der Waals surface area contributed by atoms with Crippen LogP contribution in [0, 0.1) is 0 Å². The minimum atomic E-state index is -3.93. The van der Waals surface area contributed by atoms with Crippen LogP contribution in [0.15, 0.2) is 60.0 Å². The summed E-state index contributed by atoms with van der Waals surface area (Å²) in [6, 6.07) is 7.98. The molecule has 8 nitrogen and oxygen atoms in total. The maximum Gasteiger partial charge on any atom is 0.410 e. The second kappa shape index (κ2) is 8.68. The fourth-order valence-electron chi connectivity index (χ4n) is 2.81. The molecule has 0 atom stereocenters. The van der Waals surface area contributed by atoms with E-state index in [1.54, 1.807) is 52.1 Å². The van der Waals surface area contributed by atoms with E-state index in [2.05, 4.69) is 9.97 Å². The Kier molecular flexibility index (Phi) is 6.38. The van der Waals surface area contributed by atoms with Gasteiger partial charge >= 0.3 is 6.09 Å². The van der Waals surface area contributed by atoms with Crippen LogP contribution < -0.4 is 0 Å². The lowest BCUT2D eigenvalue weighted by atomic mass is 10.2. The Morgan fingerprint density at radius 3 is 2.55 bits per heavy atom. The van der Waals surface area contributed by atoms with Gasteiger partial charge in [-0.1, -0.05) is 11.6 Å². The highest BCUT2D eigenvalue weighted by molar-refractivity contribution is 7.90. The van der Waals surface area contributed by atoms with Crippen LogP contribution in [0.1, 0.15) is 26.3 Å². The normalized spacial score (nSPS) is 11.9. The molecule has 0 unspecified atom stereocenters. The van der Waals surface area contributed by atoms with Crippen molar-refractivity contribution < 1.29 is 17.9 Å². The van der Waals surface area contributed by atoms with E-state index in [1.807, 2.05) is 0 Å². The SMILES string of the molecule is CN(Cc1cc(-c2ccc(Cl)nc2)n(S(=O)(=O)c2cccnc2)c1)C(=O)OC(C)(C)C. The Hall–Kier alpha value is -2.91. The number of ether oxygens (including phenoxy) is 1. The van der Waals surface area contributed by atoms with Crippen molar-refractivity contribution in [1.82, 2.24) is 18.8 Å². The Labute approximate surface area is 186 Å². The van der Waals surface area contributed by atoms with Gasteiger partial charge in [-0.15, -0.1) is 0 Å². The molecule has 0 radical (unpaired) electrons. The molecule has 0 saturated heterocycles. The van der Waals surface area contributed by atoms with E-state index in [4.69, 9.17) is 16.3 Å². The van der Waals surface area contributed by atoms with Crippen molar-refractivity contribution in [3.63, 3.8) is 0 Å². The minimum absolute atomic E-state index is 0.0424. The lowest BCUT2D eigenvalue weighted by Crippen LogP contribution is -2.33. The van der Waals surface area contributed by atoms with Crippen LogP contribution in [0.4, 0.5) is 4.79 Å². The third-order valence-corrected chi connectivity index (χ3v) is 6.06. The summed E-state index contributed by atoms with van der Waals surface area (Å²) in [6.45, 7) is 5.49. The molecule has 0 fully saturated rings. The zero-order chi connectivity index (χ0) is 22.8. The molecular weight excluding hydrogens is 440 g/mol. The summed E-state index contributed by atoms with van der Waals surface area (Å²) in [6.07, 6.45) is 5.25. The first kappa shape index (κ1) is 22.8. The molecule has 3 aromatic heterocycles. The second-order valence-corrected chi connectivity index (χ2v) is 10.1. The van der Waals surface area contributed by atoms with Crippen molar-refractivity contribution in [3.05, 3.63) is 65.8 Å². The summed E-state index contributed by atoms with van der Waals surface area (Å²) in [4.78, 5) is 21.7. The number of halogens is 1. The van der Waals surface area contributed by atoms with Crippen molar-refractivity contribution in [3.8, 4) is 11.3 Å². The maximum atomic E-state index is 13.3. The van der Waals surface area contributed by atoms with Gasteiger partial charge in [-0.05, 0) is 56.7 Å². The van der Waals surface area contributed by atoms with Gasteiger partial charge in [-0.3, -0.25) is 4.98 Å². The second-order valence-electron chi connectivity index (χ2n) is 7.93. The summed E-state index contributed by atoms with van der Waals surface area (Å²) >= 11 is 5.88. The number of nitrogens with zero attached hydrogens (tertiary/aromatic N) is 4. The van der Waals surface area contributed by atoms with Crippen molar-refractivity contribution in [2.24, 2.45) is 0 Å². The van der Waals surface area contributed by atoms with Crippen molar-refractivity contribution in [2.45, 2.75) is 37.8 Å². The van der Waals surface area contributed by atoms with Crippen LogP contribution in [0.2, 0.25) is 5.15 Å². The van der Waals surface area contributed by atoms with Crippen LogP contribution in [0.25, 0.3) is 11.3 Å². The smallest absolute Gasteiger partial charge is 0.410 e. The largest absolute Gasteiger partial charge is 0.444 e. The molecule has 31 heavy (non-hydrogen) atoms. The monoisotopic (exact) mass is 462 g/mol. The molecule has 0 aromatic carbocycles. The number of pyridine rings is 2. The van der Waals surface area contributed by atoms with E-state index < -0.39 is 21.7 Å². The van der Waals surface area contributed by atoms with Crippen molar-refractivity contribution in [2.75, 3.05) is 7.05 Å². The molecule has 0 spiro atoms. The number of hydrogen-bond donors (Lipinski definition) is 0. The van der Waals surface area contributed by atoms with E-state index in [9.17, 15) is 13.2 Å². The molecule has 0 saturated carbocycles. The maximum absolute atomic E-state index is 13.3. The first-order chi connectivity index (χ1) is 14.5. The van der Waals surface area contributed by atoms with Gasteiger partial charge in [0.15, 0.2) is 0 Å². The molecule has 0 bridgehead atoms. The number of amides is 1. The van der Waals surface area contributed by atoms with Gasteiger partial charge in [0, 0.05) is 37.4 Å². The molecule has 0 N–H and O–H groups in total. The van der Waals surface area contributed by atoms with Gasteiger partial charge < -0.3 is 9.64 Å². The van der Waals surface area contributed by atoms with Gasteiger partial charge in [0.25, 0.3) is 10.0 Å². The molecule has 1 amide bonds. The Balaban J connectivity index is 2.03. The predicted octanol–water partition coefficient (Wildman–Crippen LogP) is 4.20. The molecule has 10 heteroatoms. The zero-order valence-corrected chi connectivity index (χ0v) is 19.2. The Morgan fingerprint density at radius 2 is 1.97 bits per heavy atom. The van der Waals surface area contributed by atoms with E-state index in [1.165, 1.54) is 35.8 Å². The quantitative estimate of drug-likeness (QED) is 0.527. The van der Waals surface area contributed by atoms with Crippen LogP contribution in [0.3, 0.4) is 0 Å². The molecule has 164 valence electrons. The Bertz CT molecular complexity index is 1170. The highest BCUT2D eigenvalue weighted by Gasteiger charge is 2.24. The number of carbonyl (C=O) groups is 1. The van der Waals surface area contributed by atoms with E-state index in [0.717, 1.165) is 3.97 Å². The topological polar surface area (TPSA) is 94.4 Å². The lowest BCUT2D eigenvalue weighted by Gasteiger charge is -2.24. The van der Waals surface area contributed by atoms with Gasteiger partial charge in [0.05, 0.1) is 12.2 Å². The van der Waals surface area contributed by atoms with Gasteiger partial charge in [0.1, 0.15) is 15.6 Å². The van der Waals surface area contributed by atoms with Crippen LogP contribution >= 0.6 is 11.6 Å². The first-order valence-corrected chi connectivity index (χ1v) is 11.2. The third-order valence-electron chi connectivity index (χ3n) is 4.18. The minimum Gasteiger partial charge on any atom is -0.444 e. The zero-order valence-electron chi connectivity index (χ0n) is 17.6. The number of rotatable bonds is 5. The predicted molar refractivity (Wildman–Crippen MR) is 117 cm³/mol. The van der Waals surface area contributed by atoms with Gasteiger partial charge in [-0.2, -0.15) is 0 Å². The van der Waals surface area contributed by atoms with Crippen LogP contribution in [0.5, 0.6) is 0 Å². The summed E-state index contributed by atoms with van der Waals surface area (Å²) in [5.74, 6) is 0. The molecule has 0 aliphatic rings. The van der Waals surface area contributed by atoms with Gasteiger partial charge in [0.2, 0.25) is 0 Å². The summed E-state index contributed by atoms with van der Waals surface area (Å²) in [5, 5.41) is 0.293. The molecule has 0 aliphatic heterocycles. The van der Waals surface area contributed by atoms with Gasteiger partial charge in [-0.25, -0.2) is 22.2 Å². The fourth-order valence-corrected chi connectivity index (χ4v) is 4.29. The van der Waals surface area contributed by atoms with E-state index >= 15 is 0 Å². The highest BCUT2D eigenvalue weighted by atomic mass is 35.5. The number of hydrogen-bond acceptors (Lipinski definition) is 6. The molecule has 3 aromatic rings. The third kappa shape index (κ3) is 5.42. The van der Waals surface area contributed by atoms with Crippen molar-refractivity contribution in [1.29, 1.82) is 0 Å². The number of aromatic nitrogens is 3. The highest BCUT2D eigenvalue weighted by Crippen LogP contribution is 2.28. The Morgan fingerprint density at radius 1 is 1.23 bits per heavy atom. The lowest BCUT2D eigenvalue weighted by molar-refractivity contribution is 0.0285. The van der Waals surface area contributed by atoms with Crippen molar-refractivity contribution >= 4 is 27.7 Å². The average molecular weight is 463 g/mol. The summed E-state index contributed by atoms with van der Waals surface area (Å²) < 4.78 is 33.1. The molecule has 0 aliphatic carbocycles. The summed E-state index contributed by atoms with van der Waals surface area (Å²) in [5.41, 5.74) is 0.913. The number of carbonyl (C=O) groups excluding carboxylic acids is 1. The molecular formula is C21H23ClN4O4S. The van der Waals surface area contributed by atoms with Crippen LogP contribution in [-0.4, -0.2) is 46.0 Å². The fraction of sp³-hybridized carbons (Fsp3) is 0.286. The molecule has 3 heterocycles. The molecule has 3 rings (SSSR count). The van der Waals surface area contributed by atoms with E-state index in [0.29, 0.717) is 22.0 Å². The average Bonchev–Trinajstić information content (AvgIpc) is 3.12. The van der Waals surface area contributed by atoms with E-state index in [-0.39, 0.29) is 11.4 Å². The van der Waals surface area contributed by atoms with Crippen LogP contribution in [-0.2, 0) is 21.3 Å². The first-order valence-electron chi connectivity index (χ1n) is 9.40. The standard InChI is InChI=1S/C21H23ClN4O4S/c1-21(2,3)30-20(27)25(4)13-15-10-18(16-7-8-19(22)24-11-16)26(14-15)31(28,29)17-6-5-9-23-12-17/h5-12,14H,13H2,1-4H3.